The van der Waals surface area contributed by atoms with Crippen LogP contribution in [0.2, 0.25) is 0 Å². The van der Waals surface area contributed by atoms with Crippen molar-refractivity contribution in [3.63, 3.8) is 0 Å². The number of hydrogen-bond acceptors (Lipinski definition) is 3. The van der Waals surface area contributed by atoms with Crippen molar-refractivity contribution in [1.29, 1.82) is 0 Å². The van der Waals surface area contributed by atoms with Crippen molar-refractivity contribution >= 4 is 5.91 Å². The lowest BCUT2D eigenvalue weighted by Gasteiger charge is -2.20. The number of carbonyl (C=O) groups excluding carboxylic acids is 1. The Hall–Kier alpha value is -3.32. The van der Waals surface area contributed by atoms with E-state index >= 15 is 0 Å². The van der Waals surface area contributed by atoms with Gasteiger partial charge in [0.2, 0.25) is 0 Å². The van der Waals surface area contributed by atoms with Gasteiger partial charge in [0, 0.05) is 48.9 Å². The van der Waals surface area contributed by atoms with Gasteiger partial charge < -0.3 is 10.1 Å². The monoisotopic (exact) mass is 426 g/mol. The van der Waals surface area contributed by atoms with Crippen LogP contribution in [0.15, 0.2) is 60.7 Å². The first-order chi connectivity index (χ1) is 15.0. The number of fused-ring (bicyclic) bond motifs is 1. The minimum Gasteiger partial charge on any atom is -0.492 e. The molecular weight excluding hydrogens is 405 g/mol. The Morgan fingerprint density at radius 1 is 0.968 bits per heavy atom. The lowest BCUT2D eigenvalue weighted by molar-refractivity contribution is 0.0950. The van der Waals surface area contributed by atoms with Gasteiger partial charge in [0.05, 0.1) is 0 Å². The highest BCUT2D eigenvalue weighted by Crippen LogP contribution is 2.26. The lowest BCUT2D eigenvalue weighted by atomic mass is 10.1. The molecule has 4 rings (SSSR count). The molecule has 0 bridgehead atoms. The van der Waals surface area contributed by atoms with E-state index in [-0.39, 0.29) is 18.3 Å². The molecule has 160 valence electrons. The fourth-order valence-corrected chi connectivity index (χ4v) is 3.50. The van der Waals surface area contributed by atoms with Gasteiger partial charge in [0.1, 0.15) is 29.8 Å². The number of rotatable bonds is 5. The molecule has 3 aromatic carbocycles. The summed E-state index contributed by atoms with van der Waals surface area (Å²) in [7, 11) is 0. The molecule has 0 radical (unpaired) electrons. The first kappa shape index (κ1) is 20.9. The number of carbonyl (C=O) groups is 1. The highest BCUT2D eigenvalue weighted by Gasteiger charge is 2.19. The number of hydrogen-bond donors (Lipinski definition) is 1. The third-order valence-electron chi connectivity index (χ3n) is 5.16. The van der Waals surface area contributed by atoms with E-state index in [1.54, 1.807) is 30.3 Å². The van der Waals surface area contributed by atoms with Gasteiger partial charge in [-0.25, -0.2) is 13.2 Å². The van der Waals surface area contributed by atoms with Gasteiger partial charge >= 0.3 is 0 Å². The minimum atomic E-state index is -0.609. The Bertz CT molecular complexity index is 1090. The number of ether oxygens (including phenoxy) is 1. The lowest BCUT2D eigenvalue weighted by Crippen LogP contribution is -2.26. The van der Waals surface area contributed by atoms with Crippen LogP contribution in [0, 0.1) is 17.5 Å². The molecule has 0 spiro atoms. The standard InChI is InChI=1S/C24H21F3N2O2/c25-20-5-1-16(2-6-20)13-28-24(30)17-4-8-23-19(11-17)15-29(9-10-31-23)14-18-3-7-21(26)12-22(18)27/h1-8,11-12H,9-10,13-15H2,(H,28,30). The molecular formula is C24H21F3N2O2. The molecule has 1 heterocycles. The molecule has 0 fully saturated rings. The molecule has 0 atom stereocenters. The number of halogens is 3. The van der Waals surface area contributed by atoms with Crippen LogP contribution in [0.4, 0.5) is 13.2 Å². The van der Waals surface area contributed by atoms with Crippen LogP contribution in [0.25, 0.3) is 0 Å². The second-order valence-electron chi connectivity index (χ2n) is 7.43. The molecule has 0 saturated carbocycles. The second-order valence-corrected chi connectivity index (χ2v) is 7.43. The van der Waals surface area contributed by atoms with E-state index in [0.29, 0.717) is 43.1 Å². The normalized spacial score (nSPS) is 13.8. The maximum absolute atomic E-state index is 14.0. The van der Waals surface area contributed by atoms with Gasteiger partial charge in [-0.2, -0.15) is 0 Å². The summed E-state index contributed by atoms with van der Waals surface area (Å²) in [5.41, 5.74) is 2.48. The van der Waals surface area contributed by atoms with Crippen molar-refractivity contribution in [2.24, 2.45) is 0 Å². The van der Waals surface area contributed by atoms with Crippen molar-refractivity contribution < 1.29 is 22.7 Å². The third kappa shape index (κ3) is 5.24. The van der Waals surface area contributed by atoms with Crippen molar-refractivity contribution in [2.75, 3.05) is 13.2 Å². The van der Waals surface area contributed by atoms with Crippen LogP contribution < -0.4 is 10.1 Å². The first-order valence-corrected chi connectivity index (χ1v) is 9.92. The molecule has 0 aliphatic carbocycles. The fraction of sp³-hybridized carbons (Fsp3) is 0.208. The molecule has 3 aromatic rings. The van der Waals surface area contributed by atoms with Crippen molar-refractivity contribution in [1.82, 2.24) is 10.2 Å². The van der Waals surface area contributed by atoms with Crippen molar-refractivity contribution in [3.8, 4) is 5.75 Å². The van der Waals surface area contributed by atoms with E-state index in [4.69, 9.17) is 4.74 Å². The summed E-state index contributed by atoms with van der Waals surface area (Å²) in [6, 6.07) is 14.7. The average Bonchev–Trinajstić information content (AvgIpc) is 2.96. The van der Waals surface area contributed by atoms with Crippen LogP contribution in [0.5, 0.6) is 5.75 Å². The molecule has 0 saturated heterocycles. The Balaban J connectivity index is 1.45. The SMILES string of the molecule is O=C(NCc1ccc(F)cc1)c1ccc2c(c1)CN(Cc1ccc(F)cc1F)CCO2. The molecule has 0 unspecified atom stereocenters. The zero-order valence-corrected chi connectivity index (χ0v) is 16.7. The Morgan fingerprint density at radius 2 is 1.74 bits per heavy atom. The smallest absolute Gasteiger partial charge is 0.251 e. The largest absolute Gasteiger partial charge is 0.492 e. The van der Waals surface area contributed by atoms with Gasteiger partial charge in [-0.15, -0.1) is 0 Å². The van der Waals surface area contributed by atoms with E-state index < -0.39 is 11.6 Å². The number of nitrogens with zero attached hydrogens (tertiary/aromatic N) is 1. The maximum atomic E-state index is 14.0. The van der Waals surface area contributed by atoms with Crippen molar-refractivity contribution in [2.45, 2.75) is 19.6 Å². The molecule has 0 aromatic heterocycles. The van der Waals surface area contributed by atoms with E-state index in [2.05, 4.69) is 5.32 Å². The number of benzene rings is 3. The Kier molecular flexibility index (Phi) is 6.23. The Labute approximate surface area is 178 Å². The van der Waals surface area contributed by atoms with Gasteiger partial charge in [-0.05, 0) is 42.0 Å². The van der Waals surface area contributed by atoms with E-state index in [1.165, 1.54) is 24.3 Å². The van der Waals surface area contributed by atoms with Crippen LogP contribution in [0.3, 0.4) is 0 Å². The van der Waals surface area contributed by atoms with E-state index in [1.807, 2.05) is 4.90 Å². The van der Waals surface area contributed by atoms with Crippen LogP contribution in [0.1, 0.15) is 27.0 Å². The maximum Gasteiger partial charge on any atom is 0.251 e. The highest BCUT2D eigenvalue weighted by molar-refractivity contribution is 5.94. The van der Waals surface area contributed by atoms with Crippen LogP contribution in [-0.2, 0) is 19.6 Å². The summed E-state index contributed by atoms with van der Waals surface area (Å²) in [5, 5.41) is 2.82. The van der Waals surface area contributed by atoms with Crippen LogP contribution in [-0.4, -0.2) is 24.0 Å². The van der Waals surface area contributed by atoms with Crippen molar-refractivity contribution in [3.05, 3.63) is 100 Å². The molecule has 1 aliphatic heterocycles. The quantitative estimate of drug-likeness (QED) is 0.657. The fourth-order valence-electron chi connectivity index (χ4n) is 3.50. The summed E-state index contributed by atoms with van der Waals surface area (Å²) < 4.78 is 46.0. The molecule has 4 nitrogen and oxygen atoms in total. The zero-order chi connectivity index (χ0) is 21.8. The molecule has 31 heavy (non-hydrogen) atoms. The van der Waals surface area contributed by atoms with E-state index in [9.17, 15) is 18.0 Å². The van der Waals surface area contributed by atoms with E-state index in [0.717, 1.165) is 17.2 Å². The third-order valence-corrected chi connectivity index (χ3v) is 5.16. The first-order valence-electron chi connectivity index (χ1n) is 9.92. The number of amides is 1. The summed E-state index contributed by atoms with van der Waals surface area (Å²) in [6.45, 7) is 2.04. The molecule has 1 N–H and O–H groups in total. The highest BCUT2D eigenvalue weighted by atomic mass is 19.1. The molecule has 1 aliphatic rings. The second kappa shape index (κ2) is 9.22. The summed E-state index contributed by atoms with van der Waals surface area (Å²) in [6.07, 6.45) is 0. The minimum absolute atomic E-state index is 0.257. The van der Waals surface area contributed by atoms with Gasteiger partial charge in [-0.3, -0.25) is 9.69 Å². The van der Waals surface area contributed by atoms with Gasteiger partial charge in [-0.1, -0.05) is 18.2 Å². The summed E-state index contributed by atoms with van der Waals surface area (Å²) in [4.78, 5) is 14.6. The summed E-state index contributed by atoms with van der Waals surface area (Å²) >= 11 is 0. The molecule has 1 amide bonds. The molecule has 7 heteroatoms. The zero-order valence-electron chi connectivity index (χ0n) is 16.7. The predicted octanol–water partition coefficient (Wildman–Crippen LogP) is 4.43. The van der Waals surface area contributed by atoms with Gasteiger partial charge in [0.15, 0.2) is 0 Å². The Morgan fingerprint density at radius 3 is 2.52 bits per heavy atom. The topological polar surface area (TPSA) is 41.6 Å². The number of nitrogens with one attached hydrogen (secondary N) is 1. The summed E-state index contributed by atoms with van der Waals surface area (Å²) in [5.74, 6) is -1.10. The van der Waals surface area contributed by atoms with Gasteiger partial charge in [0.25, 0.3) is 5.91 Å². The predicted molar refractivity (Wildman–Crippen MR) is 110 cm³/mol. The average molecular weight is 426 g/mol. The van der Waals surface area contributed by atoms with Crippen LogP contribution >= 0.6 is 0 Å².